The molecule has 2 aromatic heterocycles. The Labute approximate surface area is 206 Å². The number of carbonyl (C=O) groups is 2. The Bertz CT molecular complexity index is 1460. The molecule has 3 heterocycles. The van der Waals surface area contributed by atoms with Gasteiger partial charge in [0.15, 0.2) is 11.5 Å². The van der Waals surface area contributed by atoms with E-state index in [4.69, 9.17) is 16.0 Å². The van der Waals surface area contributed by atoms with Crippen LogP contribution in [0.15, 0.2) is 88.8 Å². The van der Waals surface area contributed by atoms with E-state index in [0.717, 1.165) is 11.3 Å². The van der Waals surface area contributed by atoms with Crippen molar-refractivity contribution in [3.05, 3.63) is 106 Å². The highest BCUT2D eigenvalue weighted by molar-refractivity contribution is 6.31. The third-order valence-electron chi connectivity index (χ3n) is 6.05. The number of hydrogen-bond acceptors (Lipinski definition) is 6. The molecule has 1 aliphatic rings. The monoisotopic (exact) mass is 487 g/mol. The van der Waals surface area contributed by atoms with E-state index < -0.39 is 23.5 Å². The number of fused-ring (bicyclic) bond motifs is 1. The Kier molecular flexibility index (Phi) is 5.78. The Morgan fingerprint density at radius 2 is 1.91 bits per heavy atom. The number of ketones is 1. The van der Waals surface area contributed by atoms with Gasteiger partial charge in [-0.25, -0.2) is 0 Å². The Morgan fingerprint density at radius 1 is 1.14 bits per heavy atom. The van der Waals surface area contributed by atoms with E-state index in [1.807, 2.05) is 49.3 Å². The SMILES string of the molecule is CN(C)c1ccc(C2C(C(=O)c3cc4cc(Cl)ccc4o3)=C(O)C(=O)N2Cc2cccnc2)cc1. The van der Waals surface area contributed by atoms with Crippen LogP contribution >= 0.6 is 11.6 Å². The van der Waals surface area contributed by atoms with Crippen molar-refractivity contribution >= 4 is 39.9 Å². The summed E-state index contributed by atoms with van der Waals surface area (Å²) in [6.45, 7) is 0.170. The summed E-state index contributed by atoms with van der Waals surface area (Å²) in [7, 11) is 3.86. The van der Waals surface area contributed by atoms with Gasteiger partial charge in [-0.3, -0.25) is 14.6 Å². The molecule has 0 aliphatic carbocycles. The zero-order chi connectivity index (χ0) is 24.7. The third-order valence-corrected chi connectivity index (χ3v) is 6.29. The molecular weight excluding hydrogens is 466 g/mol. The highest BCUT2D eigenvalue weighted by atomic mass is 35.5. The molecule has 35 heavy (non-hydrogen) atoms. The summed E-state index contributed by atoms with van der Waals surface area (Å²) in [4.78, 5) is 34.4. The van der Waals surface area contributed by atoms with E-state index in [-0.39, 0.29) is 17.9 Å². The maximum Gasteiger partial charge on any atom is 0.290 e. The number of nitrogens with zero attached hydrogens (tertiary/aromatic N) is 3. The number of amides is 1. The van der Waals surface area contributed by atoms with Gasteiger partial charge in [0, 0.05) is 49.1 Å². The highest BCUT2D eigenvalue weighted by Gasteiger charge is 2.44. The van der Waals surface area contributed by atoms with Crippen molar-refractivity contribution in [1.82, 2.24) is 9.88 Å². The van der Waals surface area contributed by atoms with Gasteiger partial charge in [0.25, 0.3) is 5.91 Å². The Morgan fingerprint density at radius 3 is 2.60 bits per heavy atom. The highest BCUT2D eigenvalue weighted by Crippen LogP contribution is 2.41. The van der Waals surface area contributed by atoms with Crippen molar-refractivity contribution in [3.8, 4) is 0 Å². The average molecular weight is 488 g/mol. The number of rotatable bonds is 6. The number of halogens is 1. The summed E-state index contributed by atoms with van der Waals surface area (Å²) in [5.74, 6) is -1.74. The molecule has 0 fully saturated rings. The third kappa shape index (κ3) is 4.15. The summed E-state index contributed by atoms with van der Waals surface area (Å²) in [6, 6.07) is 16.9. The van der Waals surface area contributed by atoms with E-state index in [1.165, 1.54) is 4.90 Å². The fraction of sp³-hybridized carbons (Fsp3) is 0.148. The first-order chi connectivity index (χ1) is 16.8. The van der Waals surface area contributed by atoms with Crippen LogP contribution in [-0.4, -0.2) is 40.8 Å². The first kappa shape index (κ1) is 22.7. The summed E-state index contributed by atoms with van der Waals surface area (Å²) in [5, 5.41) is 12.1. The van der Waals surface area contributed by atoms with Crippen LogP contribution in [0.2, 0.25) is 5.02 Å². The van der Waals surface area contributed by atoms with Crippen molar-refractivity contribution in [2.24, 2.45) is 0 Å². The van der Waals surface area contributed by atoms with Crippen LogP contribution in [0.3, 0.4) is 0 Å². The van der Waals surface area contributed by atoms with Crippen molar-refractivity contribution in [2.75, 3.05) is 19.0 Å². The predicted molar refractivity (Wildman–Crippen MR) is 134 cm³/mol. The number of anilines is 1. The number of aliphatic hydroxyl groups excluding tert-OH is 1. The number of furan rings is 1. The molecule has 8 heteroatoms. The largest absolute Gasteiger partial charge is 0.503 e. The van der Waals surface area contributed by atoms with Gasteiger partial charge in [0.05, 0.1) is 11.6 Å². The zero-order valence-corrected chi connectivity index (χ0v) is 19.9. The number of hydrogen-bond donors (Lipinski definition) is 1. The maximum atomic E-state index is 13.7. The lowest BCUT2D eigenvalue weighted by molar-refractivity contribution is -0.130. The van der Waals surface area contributed by atoms with Gasteiger partial charge in [-0.2, -0.15) is 0 Å². The molecular formula is C27H22ClN3O4. The van der Waals surface area contributed by atoms with Crippen molar-refractivity contribution in [1.29, 1.82) is 0 Å². The van der Waals surface area contributed by atoms with Crippen LogP contribution in [0.25, 0.3) is 11.0 Å². The average Bonchev–Trinajstić information content (AvgIpc) is 3.38. The number of Topliss-reactive ketones (excluding diaryl/α,β-unsaturated/α-hetero) is 1. The maximum absolute atomic E-state index is 13.7. The first-order valence-corrected chi connectivity index (χ1v) is 11.4. The topological polar surface area (TPSA) is 86.9 Å². The molecule has 4 aromatic rings. The molecule has 0 bridgehead atoms. The Hall–Kier alpha value is -4.10. The van der Waals surface area contributed by atoms with Crippen LogP contribution in [0.5, 0.6) is 0 Å². The lowest BCUT2D eigenvalue weighted by Gasteiger charge is -2.27. The summed E-state index contributed by atoms with van der Waals surface area (Å²) < 4.78 is 5.77. The first-order valence-electron chi connectivity index (χ1n) is 11.0. The predicted octanol–water partition coefficient (Wildman–Crippen LogP) is 5.33. The quantitative estimate of drug-likeness (QED) is 0.370. The van der Waals surface area contributed by atoms with Crippen molar-refractivity contribution < 1.29 is 19.1 Å². The van der Waals surface area contributed by atoms with Gasteiger partial charge < -0.3 is 19.3 Å². The minimum atomic E-state index is -0.803. The molecule has 0 saturated carbocycles. The molecule has 1 aliphatic heterocycles. The minimum Gasteiger partial charge on any atom is -0.503 e. The molecule has 5 rings (SSSR count). The summed E-state index contributed by atoms with van der Waals surface area (Å²) >= 11 is 6.08. The van der Waals surface area contributed by atoms with E-state index in [0.29, 0.717) is 21.6 Å². The van der Waals surface area contributed by atoms with Crippen LogP contribution < -0.4 is 4.90 Å². The van der Waals surface area contributed by atoms with E-state index in [9.17, 15) is 14.7 Å². The summed E-state index contributed by atoms with van der Waals surface area (Å²) in [6.07, 6.45) is 3.30. The minimum absolute atomic E-state index is 0.0229. The Balaban J connectivity index is 1.59. The zero-order valence-electron chi connectivity index (χ0n) is 19.1. The van der Waals surface area contributed by atoms with Crippen LogP contribution in [0.1, 0.15) is 27.7 Å². The second kappa shape index (κ2) is 8.92. The molecule has 176 valence electrons. The number of carbonyl (C=O) groups excluding carboxylic acids is 2. The lowest BCUT2D eigenvalue weighted by Crippen LogP contribution is -2.30. The van der Waals surface area contributed by atoms with Gasteiger partial charge in [0.2, 0.25) is 5.78 Å². The molecule has 1 unspecified atom stereocenters. The number of aliphatic hydroxyl groups is 1. The van der Waals surface area contributed by atoms with E-state index >= 15 is 0 Å². The molecule has 1 N–H and O–H groups in total. The fourth-order valence-corrected chi connectivity index (χ4v) is 4.48. The number of benzene rings is 2. The fourth-order valence-electron chi connectivity index (χ4n) is 4.30. The van der Waals surface area contributed by atoms with Crippen LogP contribution in [0, 0.1) is 0 Å². The second-order valence-corrected chi connectivity index (χ2v) is 9.00. The molecule has 7 nitrogen and oxygen atoms in total. The lowest BCUT2D eigenvalue weighted by atomic mass is 9.94. The van der Waals surface area contributed by atoms with Crippen LogP contribution in [0.4, 0.5) is 5.69 Å². The second-order valence-electron chi connectivity index (χ2n) is 8.57. The van der Waals surface area contributed by atoms with Gasteiger partial charge in [-0.05, 0) is 53.6 Å². The van der Waals surface area contributed by atoms with E-state index in [1.54, 1.807) is 42.7 Å². The smallest absolute Gasteiger partial charge is 0.290 e. The number of aromatic nitrogens is 1. The van der Waals surface area contributed by atoms with Crippen molar-refractivity contribution in [2.45, 2.75) is 12.6 Å². The van der Waals surface area contributed by atoms with Crippen LogP contribution in [-0.2, 0) is 11.3 Å². The molecule has 1 amide bonds. The molecule has 1 atom stereocenters. The standard InChI is InChI=1S/C27H22ClN3O4/c1-30(2)20-8-5-17(6-9-20)24-23(25(32)22-13-18-12-19(28)7-10-21(18)35-22)26(33)27(34)31(24)15-16-4-3-11-29-14-16/h3-14,24,33H,15H2,1-2H3. The van der Waals surface area contributed by atoms with E-state index in [2.05, 4.69) is 4.98 Å². The van der Waals surface area contributed by atoms with Gasteiger partial charge in [0.1, 0.15) is 5.58 Å². The van der Waals surface area contributed by atoms with Gasteiger partial charge >= 0.3 is 0 Å². The van der Waals surface area contributed by atoms with Gasteiger partial charge in [-0.15, -0.1) is 0 Å². The number of pyridine rings is 1. The molecule has 0 spiro atoms. The molecule has 0 saturated heterocycles. The summed E-state index contributed by atoms with van der Waals surface area (Å²) in [5.41, 5.74) is 2.89. The molecule has 2 aromatic carbocycles. The normalized spacial score (nSPS) is 15.8. The molecule has 0 radical (unpaired) electrons. The van der Waals surface area contributed by atoms with Gasteiger partial charge in [-0.1, -0.05) is 29.8 Å². The van der Waals surface area contributed by atoms with Crippen molar-refractivity contribution in [3.63, 3.8) is 0 Å².